The lowest BCUT2D eigenvalue weighted by atomic mass is 10.2. The van der Waals surface area contributed by atoms with Gasteiger partial charge in [0.2, 0.25) is 0 Å². The lowest BCUT2D eigenvalue weighted by molar-refractivity contribution is -0.136. The van der Waals surface area contributed by atoms with Crippen LogP contribution in [0.5, 0.6) is 0 Å². The number of carbonyl (C=O) groups excluding carboxylic acids is 1. The van der Waals surface area contributed by atoms with Crippen molar-refractivity contribution in [2.45, 2.75) is 13.3 Å². The Kier molecular flexibility index (Phi) is 12.2. The highest BCUT2D eigenvalue weighted by atomic mass is 35.5. The Hall–Kier alpha value is -1.02. The summed E-state index contributed by atoms with van der Waals surface area (Å²) in [7, 11) is 1.35. The van der Waals surface area contributed by atoms with Gasteiger partial charge in [-0.2, -0.15) is 0 Å². The first kappa shape index (κ1) is 14.5. The summed E-state index contributed by atoms with van der Waals surface area (Å²) in [6.07, 6.45) is 3.93. The Balaban J connectivity index is 0. The quantitative estimate of drug-likeness (QED) is 0.400. The highest BCUT2D eigenvalue weighted by molar-refractivity contribution is 6.25. The van der Waals surface area contributed by atoms with Gasteiger partial charge in [-0.25, -0.2) is 4.79 Å². The van der Waals surface area contributed by atoms with Crippen LogP contribution in [0.4, 0.5) is 0 Å². The van der Waals surface area contributed by atoms with Gasteiger partial charge < -0.3 is 4.74 Å². The summed E-state index contributed by atoms with van der Waals surface area (Å²) in [5, 5.41) is 0. The Labute approximate surface area is 84.5 Å². The van der Waals surface area contributed by atoms with E-state index >= 15 is 0 Å². The molecule has 0 saturated heterocycles. The van der Waals surface area contributed by atoms with E-state index < -0.39 is 0 Å². The van der Waals surface area contributed by atoms with Crippen LogP contribution in [0.3, 0.4) is 0 Å². The number of allylic oxidation sites excluding steroid dienone is 2. The smallest absolute Gasteiger partial charge is 0.333 e. The molecule has 3 heteroatoms. The minimum absolute atomic E-state index is 0.312. The van der Waals surface area contributed by atoms with E-state index in [0.29, 0.717) is 12.0 Å². The van der Waals surface area contributed by atoms with Crippen LogP contribution in [-0.2, 0) is 9.53 Å². The average molecular weight is 203 g/mol. The fourth-order valence-corrected chi connectivity index (χ4v) is 0.443. The van der Waals surface area contributed by atoms with Crippen molar-refractivity contribution in [1.29, 1.82) is 0 Å². The summed E-state index contributed by atoms with van der Waals surface area (Å²) >= 11 is 5.05. The number of hydrogen-bond donors (Lipinski definition) is 0. The molecule has 0 aromatic rings. The Morgan fingerprint density at radius 2 is 2.15 bits per heavy atom. The summed E-state index contributed by atoms with van der Waals surface area (Å²) in [5.74, 6) is -0.312. The first-order chi connectivity index (χ1) is 6.13. The first-order valence-electron chi connectivity index (χ1n) is 3.77. The topological polar surface area (TPSA) is 26.3 Å². The zero-order valence-electron chi connectivity index (χ0n) is 8.05. The number of rotatable bonds is 3. The van der Waals surface area contributed by atoms with Crippen molar-refractivity contribution in [3.63, 3.8) is 0 Å². The van der Waals surface area contributed by atoms with Gasteiger partial charge in [-0.1, -0.05) is 43.8 Å². The number of esters is 1. The van der Waals surface area contributed by atoms with E-state index in [1.54, 1.807) is 12.2 Å². The van der Waals surface area contributed by atoms with Crippen LogP contribution in [0.2, 0.25) is 0 Å². The molecule has 2 nitrogen and oxygen atoms in total. The van der Waals surface area contributed by atoms with Crippen LogP contribution in [-0.4, -0.2) is 13.1 Å². The molecular formula is C10H15ClO2. The van der Waals surface area contributed by atoms with E-state index in [1.165, 1.54) is 12.6 Å². The second-order valence-electron chi connectivity index (χ2n) is 2.00. The number of ether oxygens (including phenoxy) is 1. The molecule has 0 bridgehead atoms. The second kappa shape index (κ2) is 11.0. The van der Waals surface area contributed by atoms with Gasteiger partial charge in [0, 0.05) is 11.1 Å². The van der Waals surface area contributed by atoms with Crippen LogP contribution in [0.1, 0.15) is 13.3 Å². The van der Waals surface area contributed by atoms with E-state index in [-0.39, 0.29) is 5.97 Å². The van der Waals surface area contributed by atoms with Crippen molar-refractivity contribution in [2.75, 3.05) is 7.11 Å². The molecule has 0 unspecified atom stereocenters. The fraction of sp³-hybridized carbons (Fsp3) is 0.300. The molecule has 0 saturated carbocycles. The van der Waals surface area contributed by atoms with Gasteiger partial charge in [0.15, 0.2) is 0 Å². The lowest BCUT2D eigenvalue weighted by Gasteiger charge is -1.95. The summed E-state index contributed by atoms with van der Waals surface area (Å²) < 4.78 is 4.36. The maximum atomic E-state index is 10.4. The van der Waals surface area contributed by atoms with Crippen molar-refractivity contribution >= 4 is 17.6 Å². The highest BCUT2D eigenvalue weighted by Gasteiger charge is 2.00. The first-order valence-corrected chi connectivity index (χ1v) is 4.21. The molecule has 0 aromatic heterocycles. The third-order valence-electron chi connectivity index (χ3n) is 1.11. The maximum Gasteiger partial charge on any atom is 0.333 e. The Bertz CT molecular complexity index is 181. The molecule has 13 heavy (non-hydrogen) atoms. The van der Waals surface area contributed by atoms with Gasteiger partial charge in [-0.3, -0.25) is 0 Å². The molecule has 0 rings (SSSR count). The monoisotopic (exact) mass is 202 g/mol. The molecule has 0 fully saturated rings. The number of carbonyl (C=O) groups is 1. The van der Waals surface area contributed by atoms with Crippen molar-refractivity contribution in [2.24, 2.45) is 0 Å². The number of halogens is 1. The normalized spacial score (nSPS) is 8.54. The maximum absolute atomic E-state index is 10.4. The molecular weight excluding hydrogens is 188 g/mol. The third-order valence-corrected chi connectivity index (χ3v) is 1.26. The van der Waals surface area contributed by atoms with Crippen LogP contribution in [0, 0.1) is 0 Å². The van der Waals surface area contributed by atoms with Gasteiger partial charge >= 0.3 is 5.97 Å². The molecule has 0 amide bonds. The van der Waals surface area contributed by atoms with Crippen molar-refractivity contribution < 1.29 is 9.53 Å². The van der Waals surface area contributed by atoms with Gasteiger partial charge in [0.25, 0.3) is 0 Å². The predicted molar refractivity (Wildman–Crippen MR) is 56.6 cm³/mol. The van der Waals surface area contributed by atoms with Crippen molar-refractivity contribution in [3.05, 3.63) is 36.4 Å². The molecule has 0 N–H and O–H groups in total. The molecule has 0 aliphatic rings. The van der Waals surface area contributed by atoms with Gasteiger partial charge in [0.05, 0.1) is 7.11 Å². The molecule has 0 radical (unpaired) electrons. The van der Waals surface area contributed by atoms with Crippen LogP contribution < -0.4 is 0 Å². The van der Waals surface area contributed by atoms with E-state index in [4.69, 9.17) is 11.6 Å². The minimum atomic E-state index is -0.312. The Morgan fingerprint density at radius 1 is 1.62 bits per heavy atom. The van der Waals surface area contributed by atoms with Gasteiger partial charge in [-0.05, 0) is 6.42 Å². The van der Waals surface area contributed by atoms with Crippen LogP contribution >= 0.6 is 11.6 Å². The molecule has 0 atom stereocenters. The van der Waals surface area contributed by atoms with E-state index in [2.05, 4.69) is 17.9 Å². The summed E-state index contributed by atoms with van der Waals surface area (Å²) in [4.78, 5) is 10.4. The lowest BCUT2D eigenvalue weighted by Crippen LogP contribution is -2.01. The van der Waals surface area contributed by atoms with Crippen LogP contribution in [0.15, 0.2) is 36.4 Å². The minimum Gasteiger partial charge on any atom is -0.466 e. The zero-order valence-corrected chi connectivity index (χ0v) is 8.80. The van der Waals surface area contributed by atoms with Gasteiger partial charge in [0.1, 0.15) is 0 Å². The van der Waals surface area contributed by atoms with Gasteiger partial charge in [-0.15, -0.1) is 0 Å². The summed E-state index contributed by atoms with van der Waals surface area (Å²) in [6.45, 7) is 8.71. The van der Waals surface area contributed by atoms with Crippen LogP contribution in [0.25, 0.3) is 0 Å². The molecule has 74 valence electrons. The van der Waals surface area contributed by atoms with Crippen molar-refractivity contribution in [3.8, 4) is 0 Å². The number of hydrogen-bond acceptors (Lipinski definition) is 2. The standard InChI is InChI=1S/C6H10O2.C4H5Cl/c1-4-5(2)6(7)8-3;1-2-3-4-5/h2,4H2,1,3H3;2-4H,1H2. The third kappa shape index (κ3) is 11.0. The highest BCUT2D eigenvalue weighted by Crippen LogP contribution is 1.96. The van der Waals surface area contributed by atoms with E-state index in [1.807, 2.05) is 6.92 Å². The fourth-order valence-electron chi connectivity index (χ4n) is 0.340. The summed E-state index contributed by atoms with van der Waals surface area (Å²) in [5.41, 5.74) is 1.93. The molecule has 0 aliphatic heterocycles. The van der Waals surface area contributed by atoms with E-state index in [9.17, 15) is 4.79 Å². The van der Waals surface area contributed by atoms with Crippen molar-refractivity contribution in [1.82, 2.24) is 0 Å². The number of methoxy groups -OCH3 is 1. The van der Waals surface area contributed by atoms with E-state index in [0.717, 1.165) is 0 Å². The molecule has 0 spiro atoms. The summed E-state index contributed by atoms with van der Waals surface area (Å²) in [6, 6.07) is 0. The SMILES string of the molecule is C=C(CC)C(=O)OC.C=CC=CCl. The zero-order chi connectivity index (χ0) is 10.7. The molecule has 0 heterocycles. The molecule has 0 aliphatic carbocycles. The largest absolute Gasteiger partial charge is 0.466 e. The Morgan fingerprint density at radius 3 is 2.23 bits per heavy atom. The second-order valence-corrected chi connectivity index (χ2v) is 2.25. The predicted octanol–water partition coefficient (Wildman–Crippen LogP) is 3.05. The molecule has 0 aromatic carbocycles. The average Bonchev–Trinajstić information content (AvgIpc) is 2.17.